The van der Waals surface area contributed by atoms with Gasteiger partial charge in [-0.15, -0.1) is 0 Å². The number of nitro groups is 1. The van der Waals surface area contributed by atoms with E-state index in [4.69, 9.17) is 5.11 Å². The quantitative estimate of drug-likeness (QED) is 0.643. The molecular formula is C15H20N2O4. The van der Waals surface area contributed by atoms with E-state index in [1.54, 1.807) is 13.0 Å². The average molecular weight is 292 g/mol. The van der Waals surface area contributed by atoms with Crippen LogP contribution in [0.5, 0.6) is 0 Å². The van der Waals surface area contributed by atoms with Crippen LogP contribution in [0.3, 0.4) is 0 Å². The zero-order valence-electron chi connectivity index (χ0n) is 12.0. The smallest absolute Gasteiger partial charge is 0.306 e. The molecule has 0 bridgehead atoms. The second-order valence-corrected chi connectivity index (χ2v) is 5.59. The number of carboxylic acid groups (broad SMARTS) is 1. The lowest BCUT2D eigenvalue weighted by Gasteiger charge is -2.27. The molecule has 6 heteroatoms. The van der Waals surface area contributed by atoms with Crippen molar-refractivity contribution in [3.8, 4) is 0 Å². The lowest BCUT2D eigenvalue weighted by molar-refractivity contribution is -0.385. The van der Waals surface area contributed by atoms with Crippen LogP contribution in [-0.2, 0) is 11.3 Å². The molecule has 0 radical (unpaired) electrons. The van der Waals surface area contributed by atoms with Gasteiger partial charge < -0.3 is 10.4 Å². The summed E-state index contributed by atoms with van der Waals surface area (Å²) in [6.07, 6.45) is 3.07. The van der Waals surface area contributed by atoms with E-state index in [0.29, 0.717) is 31.0 Å². The third kappa shape index (κ3) is 3.78. The molecule has 1 aromatic carbocycles. The van der Waals surface area contributed by atoms with Crippen molar-refractivity contribution >= 4 is 11.7 Å². The Morgan fingerprint density at radius 3 is 2.62 bits per heavy atom. The maximum Gasteiger partial charge on any atom is 0.306 e. The summed E-state index contributed by atoms with van der Waals surface area (Å²) in [5.74, 6) is -0.925. The van der Waals surface area contributed by atoms with Gasteiger partial charge in [0.25, 0.3) is 5.69 Å². The van der Waals surface area contributed by atoms with Crippen molar-refractivity contribution in [3.05, 3.63) is 39.4 Å². The van der Waals surface area contributed by atoms with Crippen molar-refractivity contribution in [3.63, 3.8) is 0 Å². The van der Waals surface area contributed by atoms with Crippen LogP contribution in [0.25, 0.3) is 0 Å². The Balaban J connectivity index is 1.91. The first kappa shape index (κ1) is 15.4. The fourth-order valence-corrected chi connectivity index (χ4v) is 2.86. The van der Waals surface area contributed by atoms with Crippen molar-refractivity contribution in [1.82, 2.24) is 5.32 Å². The van der Waals surface area contributed by atoms with E-state index in [9.17, 15) is 14.9 Å². The van der Waals surface area contributed by atoms with Gasteiger partial charge in [0.15, 0.2) is 0 Å². The molecule has 1 aliphatic carbocycles. The van der Waals surface area contributed by atoms with Gasteiger partial charge >= 0.3 is 5.97 Å². The van der Waals surface area contributed by atoms with Crippen LogP contribution >= 0.6 is 0 Å². The molecule has 0 atom stereocenters. The molecule has 0 spiro atoms. The van der Waals surface area contributed by atoms with Crippen LogP contribution in [-0.4, -0.2) is 22.0 Å². The molecule has 0 heterocycles. The van der Waals surface area contributed by atoms with Crippen LogP contribution in [0.1, 0.15) is 36.8 Å². The van der Waals surface area contributed by atoms with Gasteiger partial charge in [0, 0.05) is 24.2 Å². The van der Waals surface area contributed by atoms with Crippen LogP contribution in [0, 0.1) is 23.0 Å². The molecule has 1 aromatic rings. The minimum absolute atomic E-state index is 0.142. The molecule has 0 amide bonds. The van der Waals surface area contributed by atoms with E-state index < -0.39 is 5.97 Å². The number of carbonyl (C=O) groups is 1. The molecule has 1 aliphatic rings. The molecule has 6 nitrogen and oxygen atoms in total. The molecule has 2 N–H and O–H groups in total. The van der Waals surface area contributed by atoms with E-state index in [-0.39, 0.29) is 16.5 Å². The van der Waals surface area contributed by atoms with E-state index in [2.05, 4.69) is 5.32 Å². The lowest BCUT2D eigenvalue weighted by Crippen LogP contribution is -2.34. The molecule has 0 aliphatic heterocycles. The van der Waals surface area contributed by atoms with Crippen molar-refractivity contribution in [2.24, 2.45) is 5.92 Å². The maximum atomic E-state index is 10.9. The molecular weight excluding hydrogens is 272 g/mol. The highest BCUT2D eigenvalue weighted by Gasteiger charge is 2.25. The van der Waals surface area contributed by atoms with Gasteiger partial charge in [-0.3, -0.25) is 14.9 Å². The van der Waals surface area contributed by atoms with Gasteiger partial charge in [-0.1, -0.05) is 12.1 Å². The summed E-state index contributed by atoms with van der Waals surface area (Å²) in [6.45, 7) is 2.34. The summed E-state index contributed by atoms with van der Waals surface area (Å²) >= 11 is 0. The van der Waals surface area contributed by atoms with Crippen LogP contribution in [0.15, 0.2) is 18.2 Å². The standard InChI is InChI=1S/C15H20N2O4/c1-10-12(3-2-4-14(10)17(20)21)9-16-13-7-5-11(6-8-13)15(18)19/h2-4,11,13,16H,5-9H2,1H3,(H,18,19). The number of nitrogens with one attached hydrogen (secondary N) is 1. The highest BCUT2D eigenvalue weighted by atomic mass is 16.6. The Bertz CT molecular complexity index is 536. The van der Waals surface area contributed by atoms with Crippen molar-refractivity contribution in [2.45, 2.75) is 45.2 Å². The topological polar surface area (TPSA) is 92.5 Å². The number of nitro benzene ring substituents is 1. The number of benzene rings is 1. The Hall–Kier alpha value is -1.95. The summed E-state index contributed by atoms with van der Waals surface area (Å²) in [4.78, 5) is 21.4. The highest BCUT2D eigenvalue weighted by Crippen LogP contribution is 2.25. The molecule has 114 valence electrons. The molecule has 0 aromatic heterocycles. The zero-order valence-corrected chi connectivity index (χ0v) is 12.0. The van der Waals surface area contributed by atoms with Crippen LogP contribution in [0.2, 0.25) is 0 Å². The minimum atomic E-state index is -0.706. The van der Waals surface area contributed by atoms with Gasteiger partial charge in [0.1, 0.15) is 0 Å². The van der Waals surface area contributed by atoms with Crippen LogP contribution < -0.4 is 5.32 Å². The molecule has 1 fully saturated rings. The van der Waals surface area contributed by atoms with E-state index in [1.165, 1.54) is 6.07 Å². The number of rotatable bonds is 5. The predicted octanol–water partition coefficient (Wildman–Crippen LogP) is 2.64. The summed E-state index contributed by atoms with van der Waals surface area (Å²) in [5, 5.41) is 23.3. The second kappa shape index (κ2) is 6.67. The summed E-state index contributed by atoms with van der Waals surface area (Å²) in [7, 11) is 0. The highest BCUT2D eigenvalue weighted by molar-refractivity contribution is 5.70. The lowest BCUT2D eigenvalue weighted by atomic mass is 9.86. The molecule has 0 saturated heterocycles. The first-order valence-corrected chi connectivity index (χ1v) is 7.18. The number of hydrogen-bond acceptors (Lipinski definition) is 4. The number of nitrogens with zero attached hydrogens (tertiary/aromatic N) is 1. The van der Waals surface area contributed by atoms with Crippen LogP contribution in [0.4, 0.5) is 5.69 Å². The summed E-state index contributed by atoms with van der Waals surface area (Å²) in [5.41, 5.74) is 1.75. The Morgan fingerprint density at radius 1 is 1.38 bits per heavy atom. The fourth-order valence-electron chi connectivity index (χ4n) is 2.86. The third-order valence-corrected chi connectivity index (χ3v) is 4.27. The monoisotopic (exact) mass is 292 g/mol. The number of hydrogen-bond donors (Lipinski definition) is 2. The molecule has 0 unspecified atom stereocenters. The maximum absolute atomic E-state index is 10.9. The van der Waals surface area contributed by atoms with Gasteiger partial charge in [0.05, 0.1) is 10.8 Å². The Morgan fingerprint density at radius 2 is 2.05 bits per heavy atom. The third-order valence-electron chi connectivity index (χ3n) is 4.27. The van der Waals surface area contributed by atoms with Gasteiger partial charge in [-0.25, -0.2) is 0 Å². The van der Waals surface area contributed by atoms with E-state index >= 15 is 0 Å². The average Bonchev–Trinajstić information content (AvgIpc) is 2.46. The second-order valence-electron chi connectivity index (χ2n) is 5.59. The molecule has 1 saturated carbocycles. The minimum Gasteiger partial charge on any atom is -0.481 e. The zero-order chi connectivity index (χ0) is 15.4. The summed E-state index contributed by atoms with van der Waals surface area (Å²) < 4.78 is 0. The molecule has 2 rings (SSSR count). The first-order chi connectivity index (χ1) is 9.99. The SMILES string of the molecule is Cc1c(CNC2CCC(C(=O)O)CC2)cccc1[N+](=O)[O-]. The largest absolute Gasteiger partial charge is 0.481 e. The summed E-state index contributed by atoms with van der Waals surface area (Å²) in [6, 6.07) is 5.39. The first-order valence-electron chi connectivity index (χ1n) is 7.18. The van der Waals surface area contributed by atoms with E-state index in [0.717, 1.165) is 18.4 Å². The predicted molar refractivity (Wildman–Crippen MR) is 78.1 cm³/mol. The van der Waals surface area contributed by atoms with Crippen molar-refractivity contribution < 1.29 is 14.8 Å². The molecule has 21 heavy (non-hydrogen) atoms. The Kier molecular flexibility index (Phi) is 4.90. The van der Waals surface area contributed by atoms with Gasteiger partial charge in [-0.2, -0.15) is 0 Å². The van der Waals surface area contributed by atoms with E-state index in [1.807, 2.05) is 6.07 Å². The van der Waals surface area contributed by atoms with Crippen molar-refractivity contribution in [1.29, 1.82) is 0 Å². The number of aliphatic carboxylic acids is 1. The Labute approximate surface area is 123 Å². The normalized spacial score (nSPS) is 22.0. The van der Waals surface area contributed by atoms with Gasteiger partial charge in [0.2, 0.25) is 0 Å². The fraction of sp³-hybridized carbons (Fsp3) is 0.533. The van der Waals surface area contributed by atoms with Crippen molar-refractivity contribution in [2.75, 3.05) is 0 Å². The van der Waals surface area contributed by atoms with Gasteiger partial charge in [-0.05, 0) is 38.2 Å². The number of carboxylic acids is 1.